The van der Waals surface area contributed by atoms with Crippen molar-refractivity contribution in [2.45, 2.75) is 12.5 Å². The van der Waals surface area contributed by atoms with Crippen molar-refractivity contribution in [3.8, 4) is 0 Å². The average molecular weight is 274 g/mol. The molecule has 1 aromatic heterocycles. The predicted octanol–water partition coefficient (Wildman–Crippen LogP) is 2.04. The van der Waals surface area contributed by atoms with Crippen LogP contribution in [0.2, 0.25) is 5.02 Å². The van der Waals surface area contributed by atoms with Crippen molar-refractivity contribution in [3.63, 3.8) is 0 Å². The first-order valence-corrected chi connectivity index (χ1v) is 7.33. The highest BCUT2D eigenvalue weighted by atomic mass is 35.5. The van der Waals surface area contributed by atoms with E-state index in [0.29, 0.717) is 12.6 Å². The van der Waals surface area contributed by atoms with Gasteiger partial charge < -0.3 is 10.6 Å². The predicted molar refractivity (Wildman–Crippen MR) is 74.8 cm³/mol. The van der Waals surface area contributed by atoms with Gasteiger partial charge in [0.2, 0.25) is 0 Å². The first-order chi connectivity index (χ1) is 8.20. The van der Waals surface area contributed by atoms with Gasteiger partial charge in [-0.3, -0.25) is 4.90 Å². The minimum Gasteiger partial charge on any atom is -0.329 e. The van der Waals surface area contributed by atoms with E-state index in [1.54, 1.807) is 11.3 Å². The van der Waals surface area contributed by atoms with Crippen LogP contribution < -0.4 is 5.73 Å². The van der Waals surface area contributed by atoms with Gasteiger partial charge in [0.15, 0.2) is 0 Å². The van der Waals surface area contributed by atoms with Crippen molar-refractivity contribution >= 4 is 22.9 Å². The number of hydrogen-bond donors (Lipinski definition) is 1. The Morgan fingerprint density at radius 2 is 2.24 bits per heavy atom. The molecule has 0 spiro atoms. The quantitative estimate of drug-likeness (QED) is 0.915. The van der Waals surface area contributed by atoms with Crippen molar-refractivity contribution in [1.82, 2.24) is 9.80 Å². The molecule has 2 N–H and O–H groups in total. The maximum Gasteiger partial charge on any atom is 0.0565 e. The lowest BCUT2D eigenvalue weighted by Crippen LogP contribution is -2.36. The van der Waals surface area contributed by atoms with E-state index in [-0.39, 0.29) is 0 Å². The lowest BCUT2D eigenvalue weighted by atomic mass is 10.2. The van der Waals surface area contributed by atoms with Gasteiger partial charge in [0, 0.05) is 36.4 Å². The normalized spacial score (nSPS) is 21.4. The second kappa shape index (κ2) is 6.16. The molecule has 0 aromatic carbocycles. The molecular weight excluding hydrogens is 254 g/mol. The molecule has 0 saturated carbocycles. The molecule has 3 nitrogen and oxygen atoms in total. The molecule has 2 heterocycles. The Morgan fingerprint density at radius 3 is 2.88 bits per heavy atom. The van der Waals surface area contributed by atoms with Gasteiger partial charge >= 0.3 is 0 Å². The second-order valence-electron chi connectivity index (χ2n) is 4.61. The minimum absolute atomic E-state index is 0.332. The molecule has 1 atom stereocenters. The van der Waals surface area contributed by atoms with Gasteiger partial charge in [-0.1, -0.05) is 11.6 Å². The molecule has 1 aromatic rings. The molecule has 0 bridgehead atoms. The molecule has 0 amide bonds. The monoisotopic (exact) mass is 273 g/mol. The molecule has 17 heavy (non-hydrogen) atoms. The number of likely N-dealkylation sites (N-methyl/N-ethyl adjacent to an activating group) is 1. The molecule has 0 radical (unpaired) electrons. The first kappa shape index (κ1) is 13.3. The number of hydrogen-bond acceptors (Lipinski definition) is 4. The highest BCUT2D eigenvalue weighted by molar-refractivity contribution is 7.10. The van der Waals surface area contributed by atoms with Crippen LogP contribution in [0.25, 0.3) is 0 Å². The minimum atomic E-state index is 0.332. The molecule has 5 heteroatoms. The van der Waals surface area contributed by atoms with Crippen molar-refractivity contribution in [3.05, 3.63) is 21.3 Å². The summed E-state index contributed by atoms with van der Waals surface area (Å²) in [6.07, 6.45) is 1.21. The fourth-order valence-corrected chi connectivity index (χ4v) is 3.56. The summed E-state index contributed by atoms with van der Waals surface area (Å²) >= 11 is 7.71. The summed E-state index contributed by atoms with van der Waals surface area (Å²) in [6, 6.07) is 2.39. The third-order valence-corrected chi connectivity index (χ3v) is 4.72. The number of nitrogens with two attached hydrogens (primary N) is 1. The van der Waals surface area contributed by atoms with Crippen molar-refractivity contribution in [2.24, 2.45) is 5.73 Å². The van der Waals surface area contributed by atoms with Crippen LogP contribution in [0.15, 0.2) is 11.4 Å². The standard InChI is InChI=1S/C12H20ClN3S/c1-15-3-2-4-16(6-5-15)11(8-14)12-7-10(13)9-17-12/h7,9,11H,2-6,8,14H2,1H3. The van der Waals surface area contributed by atoms with Crippen molar-refractivity contribution in [2.75, 3.05) is 39.8 Å². The van der Waals surface area contributed by atoms with E-state index in [1.165, 1.54) is 17.8 Å². The molecule has 2 rings (SSSR count). The molecular formula is C12H20ClN3S. The Hall–Kier alpha value is -0.130. The van der Waals surface area contributed by atoms with Crippen LogP contribution in [-0.4, -0.2) is 49.6 Å². The summed E-state index contributed by atoms with van der Waals surface area (Å²) in [5, 5.41) is 2.82. The van der Waals surface area contributed by atoms with E-state index < -0.39 is 0 Å². The lowest BCUT2D eigenvalue weighted by Gasteiger charge is -2.28. The summed E-state index contributed by atoms with van der Waals surface area (Å²) in [5.41, 5.74) is 5.94. The number of thiophene rings is 1. The lowest BCUT2D eigenvalue weighted by molar-refractivity contribution is 0.211. The maximum atomic E-state index is 6.00. The van der Waals surface area contributed by atoms with Crippen LogP contribution in [0.1, 0.15) is 17.3 Å². The van der Waals surface area contributed by atoms with Crippen LogP contribution >= 0.6 is 22.9 Å². The van der Waals surface area contributed by atoms with E-state index in [0.717, 1.165) is 24.7 Å². The van der Waals surface area contributed by atoms with Gasteiger partial charge in [0.05, 0.1) is 11.1 Å². The highest BCUT2D eigenvalue weighted by Gasteiger charge is 2.22. The van der Waals surface area contributed by atoms with Gasteiger partial charge in [0.25, 0.3) is 0 Å². The smallest absolute Gasteiger partial charge is 0.0565 e. The largest absolute Gasteiger partial charge is 0.329 e. The summed E-state index contributed by atoms with van der Waals surface area (Å²) in [4.78, 5) is 6.17. The Balaban J connectivity index is 2.07. The van der Waals surface area contributed by atoms with Crippen LogP contribution in [0, 0.1) is 0 Å². The Morgan fingerprint density at radius 1 is 1.41 bits per heavy atom. The van der Waals surface area contributed by atoms with E-state index >= 15 is 0 Å². The summed E-state index contributed by atoms with van der Waals surface area (Å²) < 4.78 is 0. The Labute approximate surface area is 112 Å². The third kappa shape index (κ3) is 3.42. The average Bonchev–Trinajstić information content (AvgIpc) is 2.61. The van der Waals surface area contributed by atoms with Crippen molar-refractivity contribution in [1.29, 1.82) is 0 Å². The first-order valence-electron chi connectivity index (χ1n) is 6.07. The maximum absolute atomic E-state index is 6.00. The van der Waals surface area contributed by atoms with E-state index in [9.17, 15) is 0 Å². The summed E-state index contributed by atoms with van der Waals surface area (Å²) in [7, 11) is 2.18. The fourth-order valence-electron chi connectivity index (χ4n) is 2.33. The third-order valence-electron chi connectivity index (χ3n) is 3.33. The van der Waals surface area contributed by atoms with Crippen LogP contribution in [-0.2, 0) is 0 Å². The molecule has 96 valence electrons. The zero-order valence-electron chi connectivity index (χ0n) is 10.2. The van der Waals surface area contributed by atoms with E-state index in [4.69, 9.17) is 17.3 Å². The second-order valence-corrected chi connectivity index (χ2v) is 5.99. The van der Waals surface area contributed by atoms with Gasteiger partial charge in [-0.05, 0) is 26.1 Å². The zero-order chi connectivity index (χ0) is 12.3. The number of halogens is 1. The van der Waals surface area contributed by atoms with E-state index in [1.807, 2.05) is 5.38 Å². The topological polar surface area (TPSA) is 32.5 Å². The molecule has 1 unspecified atom stereocenters. The number of rotatable bonds is 3. The Kier molecular flexibility index (Phi) is 4.82. The van der Waals surface area contributed by atoms with Crippen LogP contribution in [0.3, 0.4) is 0 Å². The fraction of sp³-hybridized carbons (Fsp3) is 0.667. The number of nitrogens with zero attached hydrogens (tertiary/aromatic N) is 2. The SMILES string of the molecule is CN1CCCN(C(CN)c2cc(Cl)cs2)CC1. The van der Waals surface area contributed by atoms with Crippen LogP contribution in [0.4, 0.5) is 0 Å². The van der Waals surface area contributed by atoms with E-state index in [2.05, 4.69) is 22.9 Å². The summed E-state index contributed by atoms with van der Waals surface area (Å²) in [5.74, 6) is 0. The highest BCUT2D eigenvalue weighted by Crippen LogP contribution is 2.29. The Bertz CT molecular complexity index is 355. The van der Waals surface area contributed by atoms with Gasteiger partial charge in [-0.2, -0.15) is 0 Å². The molecule has 1 fully saturated rings. The zero-order valence-corrected chi connectivity index (χ0v) is 11.8. The summed E-state index contributed by atoms with van der Waals surface area (Å²) in [6.45, 7) is 5.19. The molecule has 1 aliphatic rings. The van der Waals surface area contributed by atoms with Crippen molar-refractivity contribution < 1.29 is 0 Å². The van der Waals surface area contributed by atoms with Crippen LogP contribution in [0.5, 0.6) is 0 Å². The van der Waals surface area contributed by atoms with Gasteiger partial charge in [0.1, 0.15) is 0 Å². The molecule has 1 aliphatic heterocycles. The molecule has 1 saturated heterocycles. The van der Waals surface area contributed by atoms with Gasteiger partial charge in [-0.25, -0.2) is 0 Å². The van der Waals surface area contributed by atoms with Gasteiger partial charge in [-0.15, -0.1) is 11.3 Å². The molecule has 0 aliphatic carbocycles.